The Bertz CT molecular complexity index is 394. The lowest BCUT2D eigenvalue weighted by atomic mass is 9.97. The van der Waals surface area contributed by atoms with Crippen LogP contribution in [0, 0.1) is 5.82 Å². The van der Waals surface area contributed by atoms with E-state index in [2.05, 4.69) is 0 Å². The van der Waals surface area contributed by atoms with Gasteiger partial charge in [0.1, 0.15) is 5.82 Å². The van der Waals surface area contributed by atoms with Gasteiger partial charge in [-0.3, -0.25) is 0 Å². The molecule has 7 heteroatoms. The fourth-order valence-electron chi connectivity index (χ4n) is 1.36. The Morgan fingerprint density at radius 1 is 1.29 bits per heavy atom. The summed E-state index contributed by atoms with van der Waals surface area (Å²) in [4.78, 5) is 0. The van der Waals surface area contributed by atoms with E-state index in [4.69, 9.17) is 10.8 Å². The van der Waals surface area contributed by atoms with Crippen LogP contribution in [-0.2, 0) is 6.18 Å². The maximum Gasteiger partial charge on any atom is 0.416 e. The molecule has 0 aliphatic rings. The van der Waals surface area contributed by atoms with Crippen molar-refractivity contribution >= 4 is 0 Å². The number of halogens is 4. The molecule has 1 rings (SSSR count). The molecule has 0 fully saturated rings. The SMILES string of the molecule is NC(CO)C(O)c1ccc(F)cc1C(F)(F)F. The normalized spacial score (nSPS) is 15.7. The van der Waals surface area contributed by atoms with Gasteiger partial charge in [-0.15, -0.1) is 0 Å². The van der Waals surface area contributed by atoms with E-state index in [1.165, 1.54) is 0 Å². The van der Waals surface area contributed by atoms with Crippen molar-refractivity contribution in [1.82, 2.24) is 0 Å². The molecule has 0 amide bonds. The molecule has 0 heterocycles. The summed E-state index contributed by atoms with van der Waals surface area (Å²) in [6.07, 6.45) is -6.51. The van der Waals surface area contributed by atoms with Gasteiger partial charge in [0.15, 0.2) is 0 Å². The summed E-state index contributed by atoms with van der Waals surface area (Å²) >= 11 is 0. The Morgan fingerprint density at radius 2 is 1.88 bits per heavy atom. The number of rotatable bonds is 3. The Labute approximate surface area is 94.5 Å². The van der Waals surface area contributed by atoms with Crippen LogP contribution in [0.25, 0.3) is 0 Å². The zero-order valence-corrected chi connectivity index (χ0v) is 8.58. The molecule has 4 N–H and O–H groups in total. The van der Waals surface area contributed by atoms with Gasteiger partial charge in [-0.2, -0.15) is 13.2 Å². The van der Waals surface area contributed by atoms with E-state index in [9.17, 15) is 22.7 Å². The molecule has 2 atom stereocenters. The number of alkyl halides is 3. The second kappa shape index (κ2) is 4.99. The minimum Gasteiger partial charge on any atom is -0.395 e. The van der Waals surface area contributed by atoms with Crippen molar-refractivity contribution in [3.05, 3.63) is 35.1 Å². The average molecular weight is 253 g/mol. The van der Waals surface area contributed by atoms with E-state index in [1.54, 1.807) is 0 Å². The first kappa shape index (κ1) is 13.9. The monoisotopic (exact) mass is 253 g/mol. The zero-order chi connectivity index (χ0) is 13.2. The number of hydrogen-bond acceptors (Lipinski definition) is 3. The van der Waals surface area contributed by atoms with E-state index in [1.807, 2.05) is 0 Å². The van der Waals surface area contributed by atoms with E-state index in [-0.39, 0.29) is 6.07 Å². The van der Waals surface area contributed by atoms with E-state index >= 15 is 0 Å². The van der Waals surface area contributed by atoms with Gasteiger partial charge >= 0.3 is 6.18 Å². The zero-order valence-electron chi connectivity index (χ0n) is 8.58. The molecule has 1 aromatic rings. The highest BCUT2D eigenvalue weighted by Gasteiger charge is 2.36. The number of aliphatic hydroxyl groups is 2. The Hall–Kier alpha value is -1.18. The summed E-state index contributed by atoms with van der Waals surface area (Å²) < 4.78 is 50.5. The first-order chi connectivity index (χ1) is 7.77. The largest absolute Gasteiger partial charge is 0.416 e. The van der Waals surface area contributed by atoms with Crippen molar-refractivity contribution in [3.63, 3.8) is 0 Å². The topological polar surface area (TPSA) is 66.5 Å². The molecule has 0 aliphatic heterocycles. The number of hydrogen-bond donors (Lipinski definition) is 3. The molecule has 0 bridgehead atoms. The van der Waals surface area contributed by atoms with Crippen LogP contribution in [0.15, 0.2) is 18.2 Å². The number of nitrogens with two attached hydrogens (primary N) is 1. The third kappa shape index (κ3) is 3.15. The van der Waals surface area contributed by atoms with Crippen LogP contribution in [0.3, 0.4) is 0 Å². The molecule has 0 saturated carbocycles. The van der Waals surface area contributed by atoms with Crippen LogP contribution in [0.1, 0.15) is 17.2 Å². The van der Waals surface area contributed by atoms with Gasteiger partial charge in [0.2, 0.25) is 0 Å². The first-order valence-electron chi connectivity index (χ1n) is 4.68. The van der Waals surface area contributed by atoms with E-state index in [0.29, 0.717) is 0 Å². The summed E-state index contributed by atoms with van der Waals surface area (Å²) in [6.45, 7) is -0.685. The lowest BCUT2D eigenvalue weighted by Gasteiger charge is -2.21. The highest BCUT2D eigenvalue weighted by molar-refractivity contribution is 5.33. The molecule has 0 aromatic heterocycles. The molecule has 1 aromatic carbocycles. The van der Waals surface area contributed by atoms with Crippen LogP contribution in [-0.4, -0.2) is 22.9 Å². The van der Waals surface area contributed by atoms with Crippen LogP contribution >= 0.6 is 0 Å². The minimum absolute atomic E-state index is 0.280. The minimum atomic E-state index is -4.80. The highest BCUT2D eigenvalue weighted by atomic mass is 19.4. The molecule has 2 unspecified atom stereocenters. The van der Waals surface area contributed by atoms with Crippen LogP contribution in [0.2, 0.25) is 0 Å². The molecule has 0 radical (unpaired) electrons. The Morgan fingerprint density at radius 3 is 2.35 bits per heavy atom. The van der Waals surface area contributed by atoms with Crippen LogP contribution in [0.4, 0.5) is 17.6 Å². The van der Waals surface area contributed by atoms with Crippen molar-refractivity contribution in [2.24, 2.45) is 5.73 Å². The molecule has 0 spiro atoms. The molecule has 96 valence electrons. The van der Waals surface area contributed by atoms with Gasteiger partial charge in [-0.05, 0) is 17.7 Å². The summed E-state index contributed by atoms with van der Waals surface area (Å²) in [5.41, 5.74) is 3.39. The predicted octanol–water partition coefficient (Wildman–Crippen LogP) is 1.20. The fourth-order valence-corrected chi connectivity index (χ4v) is 1.36. The van der Waals surface area contributed by atoms with Gasteiger partial charge in [0, 0.05) is 0 Å². The maximum atomic E-state index is 12.8. The number of benzene rings is 1. The molecular formula is C10H11F4NO2. The second-order valence-corrected chi connectivity index (χ2v) is 3.52. The summed E-state index contributed by atoms with van der Waals surface area (Å²) in [5, 5.41) is 18.2. The Kier molecular flexibility index (Phi) is 4.07. The lowest BCUT2D eigenvalue weighted by Crippen LogP contribution is -2.33. The van der Waals surface area contributed by atoms with Crippen molar-refractivity contribution in [2.45, 2.75) is 18.3 Å². The third-order valence-electron chi connectivity index (χ3n) is 2.26. The third-order valence-corrected chi connectivity index (χ3v) is 2.26. The summed E-state index contributed by atoms with van der Waals surface area (Å²) in [5.74, 6) is -1.06. The number of aliphatic hydroxyl groups excluding tert-OH is 2. The van der Waals surface area contributed by atoms with E-state index in [0.717, 1.165) is 12.1 Å². The molecule has 17 heavy (non-hydrogen) atoms. The Balaban J connectivity index is 3.24. The fraction of sp³-hybridized carbons (Fsp3) is 0.400. The standard InChI is InChI=1S/C10H11F4NO2/c11-5-1-2-6(9(17)8(15)4-16)7(3-5)10(12,13)14/h1-3,8-9,16-17H,4,15H2. The molecule has 3 nitrogen and oxygen atoms in total. The predicted molar refractivity (Wildman–Crippen MR) is 51.4 cm³/mol. The van der Waals surface area contributed by atoms with Gasteiger partial charge < -0.3 is 15.9 Å². The van der Waals surface area contributed by atoms with Gasteiger partial charge in [-0.1, -0.05) is 6.07 Å². The summed E-state index contributed by atoms with van der Waals surface area (Å²) in [7, 11) is 0. The van der Waals surface area contributed by atoms with E-state index < -0.39 is 41.9 Å². The van der Waals surface area contributed by atoms with Gasteiger partial charge in [-0.25, -0.2) is 4.39 Å². The quantitative estimate of drug-likeness (QED) is 0.709. The molecule has 0 saturated heterocycles. The van der Waals surface area contributed by atoms with Crippen molar-refractivity contribution < 1.29 is 27.8 Å². The molecule has 0 aliphatic carbocycles. The van der Waals surface area contributed by atoms with Gasteiger partial charge in [0.25, 0.3) is 0 Å². The van der Waals surface area contributed by atoms with Crippen LogP contribution < -0.4 is 5.73 Å². The average Bonchev–Trinajstić information content (AvgIpc) is 2.25. The summed E-state index contributed by atoms with van der Waals surface area (Å²) in [6, 6.07) is 0.611. The van der Waals surface area contributed by atoms with Crippen molar-refractivity contribution in [1.29, 1.82) is 0 Å². The smallest absolute Gasteiger partial charge is 0.395 e. The van der Waals surface area contributed by atoms with Gasteiger partial charge in [0.05, 0.1) is 24.3 Å². The van der Waals surface area contributed by atoms with Crippen LogP contribution in [0.5, 0.6) is 0 Å². The molecular weight excluding hydrogens is 242 g/mol. The maximum absolute atomic E-state index is 12.8. The highest BCUT2D eigenvalue weighted by Crippen LogP contribution is 2.35. The van der Waals surface area contributed by atoms with Crippen molar-refractivity contribution in [3.8, 4) is 0 Å². The van der Waals surface area contributed by atoms with Crippen molar-refractivity contribution in [2.75, 3.05) is 6.61 Å². The first-order valence-corrected chi connectivity index (χ1v) is 4.68. The second-order valence-electron chi connectivity index (χ2n) is 3.52. The lowest BCUT2D eigenvalue weighted by molar-refractivity contribution is -0.139.